The lowest BCUT2D eigenvalue weighted by molar-refractivity contribution is -0.109. The van der Waals surface area contributed by atoms with Crippen LogP contribution in [0.25, 0.3) is 0 Å². The fraction of sp³-hybridized carbons (Fsp3) is 0.500. The summed E-state index contributed by atoms with van der Waals surface area (Å²) in [5, 5.41) is 0. The second-order valence-corrected chi connectivity index (χ2v) is 15.0. The normalized spacial score (nSPS) is 16.8. The van der Waals surface area contributed by atoms with Crippen LogP contribution in [-0.2, 0) is 46.6 Å². The van der Waals surface area contributed by atoms with Crippen LogP contribution in [0.4, 0.5) is 0 Å². The maximum atomic E-state index is 13.3. The highest BCUT2D eigenvalue weighted by Crippen LogP contribution is 2.35. The molecule has 2 unspecified atom stereocenters. The van der Waals surface area contributed by atoms with Crippen LogP contribution in [0.3, 0.4) is 0 Å². The number of carbonyl (C=O) groups excluding carboxylic acids is 1. The Labute approximate surface area is 228 Å². The van der Waals surface area contributed by atoms with Gasteiger partial charge in [-0.1, -0.05) is 18.6 Å². The molecular formula is C26H37NO8S3. The fourth-order valence-corrected chi connectivity index (χ4v) is 6.51. The zero-order valence-electron chi connectivity index (χ0n) is 22.6. The highest BCUT2D eigenvalue weighted by molar-refractivity contribution is 7.91. The van der Waals surface area contributed by atoms with Crippen molar-refractivity contribution < 1.29 is 35.3 Å². The molecule has 0 spiro atoms. The van der Waals surface area contributed by atoms with E-state index in [1.165, 1.54) is 18.4 Å². The Balaban J connectivity index is 0.000000757. The van der Waals surface area contributed by atoms with Gasteiger partial charge in [0.25, 0.3) is 0 Å². The van der Waals surface area contributed by atoms with E-state index >= 15 is 0 Å². The first kappa shape index (κ1) is 32.1. The van der Waals surface area contributed by atoms with Crippen molar-refractivity contribution in [3.63, 3.8) is 0 Å². The maximum absolute atomic E-state index is 13.3. The Bertz CT molecular complexity index is 1360. The first-order valence-electron chi connectivity index (χ1n) is 12.0. The number of rotatable bonds is 8. The third kappa shape index (κ3) is 9.26. The number of methoxy groups -OCH3 is 1. The fourth-order valence-electron chi connectivity index (χ4n) is 3.70. The third-order valence-corrected chi connectivity index (χ3v) is 9.30. The minimum absolute atomic E-state index is 0.0417. The van der Waals surface area contributed by atoms with Gasteiger partial charge in [-0.3, -0.25) is 9.00 Å². The van der Waals surface area contributed by atoms with Gasteiger partial charge in [-0.25, -0.2) is 21.6 Å². The predicted molar refractivity (Wildman–Crippen MR) is 147 cm³/mol. The Morgan fingerprint density at radius 3 is 2.26 bits per heavy atom. The topological polar surface area (TPSA) is 133 Å². The van der Waals surface area contributed by atoms with Crippen molar-refractivity contribution in [2.24, 2.45) is 0 Å². The molecule has 38 heavy (non-hydrogen) atoms. The van der Waals surface area contributed by atoms with Gasteiger partial charge >= 0.3 is 0 Å². The van der Waals surface area contributed by atoms with E-state index in [1.54, 1.807) is 19.2 Å². The van der Waals surface area contributed by atoms with Gasteiger partial charge < -0.3 is 9.47 Å². The van der Waals surface area contributed by atoms with Gasteiger partial charge in [0.15, 0.2) is 16.1 Å². The van der Waals surface area contributed by atoms with Gasteiger partial charge in [-0.2, -0.15) is 0 Å². The summed E-state index contributed by atoms with van der Waals surface area (Å²) in [4.78, 5) is 10.4. The van der Waals surface area contributed by atoms with Gasteiger partial charge in [0.1, 0.15) is 12.4 Å². The minimum Gasteiger partial charge on any atom is -0.486 e. The van der Waals surface area contributed by atoms with Crippen molar-refractivity contribution in [2.75, 3.05) is 26.2 Å². The molecule has 1 N–H and O–H groups in total. The van der Waals surface area contributed by atoms with Crippen LogP contribution in [0.1, 0.15) is 57.2 Å². The van der Waals surface area contributed by atoms with Crippen molar-refractivity contribution in [1.29, 1.82) is 0 Å². The Kier molecular flexibility index (Phi) is 11.2. The number of hydrogen-bond donors (Lipinski definition) is 1. The number of sulfonamides is 1. The molecule has 2 atom stereocenters. The monoisotopic (exact) mass is 587 g/mol. The predicted octanol–water partition coefficient (Wildman–Crippen LogP) is 3.58. The van der Waals surface area contributed by atoms with E-state index in [2.05, 4.69) is 4.72 Å². The van der Waals surface area contributed by atoms with E-state index in [0.29, 0.717) is 24.9 Å². The summed E-state index contributed by atoms with van der Waals surface area (Å²) in [6.45, 7) is 5.97. The maximum Gasteiger partial charge on any atom is 0.241 e. The summed E-state index contributed by atoms with van der Waals surface area (Å²) in [6.07, 6.45) is 5.80. The molecule has 0 fully saturated rings. The molecule has 1 aliphatic carbocycles. The van der Waals surface area contributed by atoms with Gasteiger partial charge in [0.05, 0.1) is 15.4 Å². The summed E-state index contributed by atoms with van der Waals surface area (Å²) in [5.74, 6) is 0.545. The second-order valence-electron chi connectivity index (χ2n) is 9.90. The van der Waals surface area contributed by atoms with Gasteiger partial charge in [0.2, 0.25) is 10.0 Å². The standard InChI is InChI=1S/C21H25NO7S3.C5H12O/c1-30(24)15-12-16(31(2,25)26)14-17(13-15)32(27,28)22-20-8-4-3-6-19-18(20)7-5-9-21(19)29-11-10-23;1-5(2,3)6-4/h5,7,9-10,12-14,20,22H,3-4,6,8,11H2,1-2H3;1-4H3. The molecule has 3 rings (SSSR count). The van der Waals surface area contributed by atoms with E-state index in [4.69, 9.17) is 9.47 Å². The van der Waals surface area contributed by atoms with Crippen LogP contribution in [0.15, 0.2) is 51.1 Å². The SMILES string of the molecule is COC(C)(C)C.CS(=O)c1cc(S(C)(=O)=O)cc(S(=O)(=O)NC2CCCCc3c(OCC=O)cccc32)c1. The zero-order valence-corrected chi connectivity index (χ0v) is 25.1. The summed E-state index contributed by atoms with van der Waals surface area (Å²) < 4.78 is 75.8. The van der Waals surface area contributed by atoms with E-state index in [1.807, 2.05) is 26.8 Å². The lowest BCUT2D eigenvalue weighted by Crippen LogP contribution is -2.29. The Morgan fingerprint density at radius 2 is 1.71 bits per heavy atom. The lowest BCUT2D eigenvalue weighted by Gasteiger charge is -2.21. The third-order valence-electron chi connectivity index (χ3n) is 5.85. The lowest BCUT2D eigenvalue weighted by atomic mass is 9.99. The summed E-state index contributed by atoms with van der Waals surface area (Å²) in [5.41, 5.74) is 1.65. The van der Waals surface area contributed by atoms with Crippen LogP contribution in [-0.4, -0.2) is 59.2 Å². The van der Waals surface area contributed by atoms with Crippen molar-refractivity contribution in [3.05, 3.63) is 47.5 Å². The molecule has 2 aromatic rings. The number of benzene rings is 2. The van der Waals surface area contributed by atoms with Crippen molar-refractivity contribution >= 4 is 36.9 Å². The quantitative estimate of drug-likeness (QED) is 0.366. The molecule has 0 amide bonds. The number of ether oxygens (including phenoxy) is 2. The van der Waals surface area contributed by atoms with Crippen molar-refractivity contribution in [2.45, 2.75) is 72.8 Å². The average molecular weight is 588 g/mol. The number of hydrogen-bond acceptors (Lipinski definition) is 8. The largest absolute Gasteiger partial charge is 0.486 e. The number of nitrogens with one attached hydrogen (secondary N) is 1. The molecule has 0 aliphatic heterocycles. The van der Waals surface area contributed by atoms with Crippen LogP contribution in [0, 0.1) is 0 Å². The van der Waals surface area contributed by atoms with Gasteiger partial charge in [-0.05, 0) is 75.4 Å². The molecule has 1 aliphatic rings. The molecule has 12 heteroatoms. The smallest absolute Gasteiger partial charge is 0.241 e. The highest BCUT2D eigenvalue weighted by Gasteiger charge is 2.28. The van der Waals surface area contributed by atoms with E-state index in [0.717, 1.165) is 36.3 Å². The van der Waals surface area contributed by atoms with Crippen LogP contribution < -0.4 is 9.46 Å². The highest BCUT2D eigenvalue weighted by atomic mass is 32.2. The van der Waals surface area contributed by atoms with Crippen molar-refractivity contribution in [1.82, 2.24) is 4.72 Å². The molecule has 0 radical (unpaired) electrons. The number of aldehydes is 1. The molecule has 0 saturated carbocycles. The van der Waals surface area contributed by atoms with Crippen LogP contribution in [0.2, 0.25) is 0 Å². The zero-order chi connectivity index (χ0) is 28.7. The molecule has 2 aromatic carbocycles. The molecular weight excluding hydrogens is 550 g/mol. The molecule has 212 valence electrons. The summed E-state index contributed by atoms with van der Waals surface area (Å²) >= 11 is 0. The van der Waals surface area contributed by atoms with E-state index in [9.17, 15) is 25.8 Å². The minimum atomic E-state index is -4.13. The first-order chi connectivity index (χ1) is 17.6. The number of carbonyl (C=O) groups is 1. The second kappa shape index (κ2) is 13.3. The Morgan fingerprint density at radius 1 is 1.08 bits per heavy atom. The number of fused-ring (bicyclic) bond motifs is 1. The molecule has 0 aromatic heterocycles. The average Bonchev–Trinajstić information content (AvgIpc) is 3.04. The van der Waals surface area contributed by atoms with Gasteiger partial charge in [-0.15, -0.1) is 0 Å². The van der Waals surface area contributed by atoms with Gasteiger partial charge in [0, 0.05) is 41.4 Å². The first-order valence-corrected chi connectivity index (χ1v) is 17.0. The van der Waals surface area contributed by atoms with E-state index < -0.39 is 36.7 Å². The molecule has 0 saturated heterocycles. The molecule has 0 bridgehead atoms. The summed E-state index contributed by atoms with van der Waals surface area (Å²) in [6, 6.07) is 8.29. The molecule has 9 nitrogen and oxygen atoms in total. The van der Waals surface area contributed by atoms with Crippen LogP contribution in [0.5, 0.6) is 5.75 Å². The van der Waals surface area contributed by atoms with Crippen molar-refractivity contribution in [3.8, 4) is 5.75 Å². The number of sulfone groups is 1. The molecule has 0 heterocycles. The van der Waals surface area contributed by atoms with Crippen LogP contribution >= 0.6 is 0 Å². The Hall–Kier alpha value is -2.12. The summed E-state index contributed by atoms with van der Waals surface area (Å²) in [7, 11) is -7.71. The van der Waals surface area contributed by atoms with E-state index in [-0.39, 0.29) is 26.9 Å².